The summed E-state index contributed by atoms with van der Waals surface area (Å²) in [7, 11) is 0. The molecule has 0 fully saturated rings. The van der Waals surface area contributed by atoms with Crippen molar-refractivity contribution in [2.24, 2.45) is 0 Å². The second-order valence-corrected chi connectivity index (χ2v) is 7.07. The van der Waals surface area contributed by atoms with Crippen molar-refractivity contribution in [3.05, 3.63) is 71.8 Å². The lowest BCUT2D eigenvalue weighted by Crippen LogP contribution is -2.24. The zero-order valence-corrected chi connectivity index (χ0v) is 15.8. The summed E-state index contributed by atoms with van der Waals surface area (Å²) in [4.78, 5) is 16.3. The number of nitrogens with one attached hydrogen (secondary N) is 1. The van der Waals surface area contributed by atoms with Crippen LogP contribution in [0, 0.1) is 6.92 Å². The van der Waals surface area contributed by atoms with Crippen molar-refractivity contribution in [1.82, 2.24) is 9.55 Å². The summed E-state index contributed by atoms with van der Waals surface area (Å²) < 4.78 is 8.10. The fourth-order valence-corrected chi connectivity index (χ4v) is 3.64. The van der Waals surface area contributed by atoms with Crippen LogP contribution in [-0.2, 0) is 11.3 Å². The maximum absolute atomic E-state index is 12.3. The molecule has 0 spiro atoms. The molecule has 4 rings (SSSR count). The van der Waals surface area contributed by atoms with E-state index in [-0.39, 0.29) is 17.6 Å². The van der Waals surface area contributed by atoms with Gasteiger partial charge in [-0.2, -0.15) is 0 Å². The number of anilines is 1. The molecule has 0 bridgehead atoms. The fourth-order valence-electron chi connectivity index (χ4n) is 3.64. The number of benzene rings is 2. The number of ether oxygens (including phenoxy) is 1. The number of amides is 1. The molecule has 2 heterocycles. The summed E-state index contributed by atoms with van der Waals surface area (Å²) in [6, 6.07) is 11.5. The molecule has 1 amide bonds. The molecule has 0 radical (unpaired) electrons. The fraction of sp³-hybridized carbons (Fsp3) is 0.273. The third kappa shape index (κ3) is 3.71. The van der Waals surface area contributed by atoms with E-state index in [1.165, 1.54) is 0 Å². The Morgan fingerprint density at radius 3 is 2.96 bits per heavy atom. The Bertz CT molecular complexity index is 983. The van der Waals surface area contributed by atoms with Crippen LogP contribution >= 0.6 is 0 Å². The molecule has 6 heteroatoms. The molecule has 0 saturated carbocycles. The first kappa shape index (κ1) is 18.1. The number of phenols is 1. The number of imidazole rings is 1. The zero-order valence-electron chi connectivity index (χ0n) is 15.8. The second-order valence-electron chi connectivity index (χ2n) is 7.07. The zero-order chi connectivity index (χ0) is 19.5. The first-order chi connectivity index (χ1) is 13.6. The highest BCUT2D eigenvalue weighted by Crippen LogP contribution is 2.42. The van der Waals surface area contributed by atoms with E-state index in [1.807, 2.05) is 48.0 Å². The van der Waals surface area contributed by atoms with Crippen LogP contribution in [0.3, 0.4) is 0 Å². The van der Waals surface area contributed by atoms with Crippen LogP contribution in [0.5, 0.6) is 11.5 Å². The van der Waals surface area contributed by atoms with Crippen molar-refractivity contribution in [3.63, 3.8) is 0 Å². The molecule has 3 aromatic rings. The number of para-hydroxylation sites is 1. The highest BCUT2D eigenvalue weighted by atomic mass is 16.5. The Morgan fingerprint density at radius 1 is 1.29 bits per heavy atom. The predicted octanol–water partition coefficient (Wildman–Crippen LogP) is 3.84. The van der Waals surface area contributed by atoms with E-state index in [1.54, 1.807) is 18.6 Å². The van der Waals surface area contributed by atoms with E-state index in [4.69, 9.17) is 4.74 Å². The van der Waals surface area contributed by atoms with Crippen molar-refractivity contribution in [2.75, 3.05) is 11.9 Å². The first-order valence-electron chi connectivity index (χ1n) is 9.42. The quantitative estimate of drug-likeness (QED) is 0.640. The Labute approximate surface area is 163 Å². The van der Waals surface area contributed by atoms with Crippen molar-refractivity contribution in [3.8, 4) is 11.5 Å². The number of phenolic OH excluding ortho intramolecular Hbond substituents is 1. The molecule has 28 heavy (non-hydrogen) atoms. The van der Waals surface area contributed by atoms with Gasteiger partial charge in [-0.1, -0.05) is 18.2 Å². The molecule has 6 nitrogen and oxygen atoms in total. The Hall–Kier alpha value is -3.28. The van der Waals surface area contributed by atoms with E-state index >= 15 is 0 Å². The Balaban J connectivity index is 1.56. The molecule has 0 unspecified atom stereocenters. The monoisotopic (exact) mass is 377 g/mol. The second kappa shape index (κ2) is 7.76. The van der Waals surface area contributed by atoms with Crippen LogP contribution in [0.2, 0.25) is 0 Å². The van der Waals surface area contributed by atoms with Gasteiger partial charge in [-0.25, -0.2) is 4.98 Å². The molecule has 2 N–H and O–H groups in total. The van der Waals surface area contributed by atoms with E-state index in [2.05, 4.69) is 10.3 Å². The number of aryl methyl sites for hydroxylation is 2. The van der Waals surface area contributed by atoms with Crippen LogP contribution in [0.25, 0.3) is 0 Å². The number of carbonyl (C=O) groups is 1. The van der Waals surface area contributed by atoms with Gasteiger partial charge >= 0.3 is 0 Å². The molecule has 1 atom stereocenters. The van der Waals surface area contributed by atoms with Gasteiger partial charge in [0.15, 0.2) is 0 Å². The van der Waals surface area contributed by atoms with Gasteiger partial charge in [0.05, 0.1) is 12.9 Å². The minimum Gasteiger partial charge on any atom is -0.508 e. The largest absolute Gasteiger partial charge is 0.508 e. The predicted molar refractivity (Wildman–Crippen MR) is 107 cm³/mol. The van der Waals surface area contributed by atoms with Crippen molar-refractivity contribution >= 4 is 11.6 Å². The average molecular weight is 377 g/mol. The summed E-state index contributed by atoms with van der Waals surface area (Å²) in [6.07, 6.45) is 6.71. The van der Waals surface area contributed by atoms with Gasteiger partial charge in [0.1, 0.15) is 11.5 Å². The third-order valence-corrected chi connectivity index (χ3v) is 5.08. The van der Waals surface area contributed by atoms with Crippen LogP contribution < -0.4 is 10.1 Å². The van der Waals surface area contributed by atoms with Gasteiger partial charge in [-0.3, -0.25) is 4.79 Å². The van der Waals surface area contributed by atoms with Crippen LogP contribution in [0.15, 0.2) is 55.1 Å². The Kier molecular flexibility index (Phi) is 5.02. The summed E-state index contributed by atoms with van der Waals surface area (Å²) in [6.45, 7) is 3.28. The summed E-state index contributed by atoms with van der Waals surface area (Å²) in [5, 5.41) is 12.9. The Morgan fingerprint density at radius 2 is 2.14 bits per heavy atom. The number of fused-ring (bicyclic) bond motifs is 1. The lowest BCUT2D eigenvalue weighted by Gasteiger charge is -2.28. The van der Waals surface area contributed by atoms with Gasteiger partial charge in [0.25, 0.3) is 0 Å². The lowest BCUT2D eigenvalue weighted by atomic mass is 9.83. The molecule has 144 valence electrons. The number of rotatable bonds is 6. The highest BCUT2D eigenvalue weighted by molar-refractivity contribution is 5.95. The number of aromatic hydroxyl groups is 1. The minimum absolute atomic E-state index is 0.0596. The molecule has 2 aromatic carbocycles. The van der Waals surface area contributed by atoms with Crippen molar-refractivity contribution < 1.29 is 14.6 Å². The van der Waals surface area contributed by atoms with Crippen LogP contribution in [-0.4, -0.2) is 27.2 Å². The van der Waals surface area contributed by atoms with Gasteiger partial charge < -0.3 is 19.7 Å². The molecule has 1 aliphatic rings. The van der Waals surface area contributed by atoms with Gasteiger partial charge in [-0.05, 0) is 36.6 Å². The van der Waals surface area contributed by atoms with Crippen molar-refractivity contribution in [2.45, 2.75) is 32.2 Å². The van der Waals surface area contributed by atoms with E-state index < -0.39 is 0 Å². The van der Waals surface area contributed by atoms with E-state index in [9.17, 15) is 9.90 Å². The highest BCUT2D eigenvalue weighted by Gasteiger charge is 2.29. The van der Waals surface area contributed by atoms with Crippen molar-refractivity contribution in [1.29, 1.82) is 0 Å². The number of aromatic nitrogens is 2. The summed E-state index contributed by atoms with van der Waals surface area (Å²) in [5.74, 6) is 0.816. The van der Waals surface area contributed by atoms with Gasteiger partial charge in [0, 0.05) is 48.6 Å². The SMILES string of the molecule is Cc1cc2c(cc1O)NC(=O)C[C@H]2c1ccccc1OCCCn1ccnc1. The number of hydrogen-bond acceptors (Lipinski definition) is 4. The maximum atomic E-state index is 12.3. The first-order valence-corrected chi connectivity index (χ1v) is 9.42. The molecular weight excluding hydrogens is 354 g/mol. The lowest BCUT2D eigenvalue weighted by molar-refractivity contribution is -0.116. The smallest absolute Gasteiger partial charge is 0.225 e. The maximum Gasteiger partial charge on any atom is 0.225 e. The molecule has 0 aliphatic carbocycles. The normalized spacial score (nSPS) is 15.8. The minimum atomic E-state index is -0.104. The number of hydrogen-bond donors (Lipinski definition) is 2. The standard InChI is InChI=1S/C22H23N3O3/c1-15-11-18-17(12-22(27)24-19(18)13-20(15)26)16-5-2-3-6-21(16)28-10-4-8-25-9-7-23-14-25/h2-3,5-7,9,11,13-14,17,26H,4,8,10,12H2,1H3,(H,24,27)/t17-/m0/s1. The number of nitrogens with zero attached hydrogens (tertiary/aromatic N) is 2. The summed E-state index contributed by atoms with van der Waals surface area (Å²) in [5.41, 5.74) is 3.45. The van der Waals surface area contributed by atoms with Gasteiger partial charge in [0.2, 0.25) is 5.91 Å². The average Bonchev–Trinajstić information content (AvgIpc) is 3.20. The van der Waals surface area contributed by atoms with Crippen LogP contribution in [0.1, 0.15) is 35.4 Å². The molecule has 0 saturated heterocycles. The van der Waals surface area contributed by atoms with Gasteiger partial charge in [-0.15, -0.1) is 0 Å². The molecule has 1 aromatic heterocycles. The van der Waals surface area contributed by atoms with E-state index in [0.717, 1.165) is 35.4 Å². The third-order valence-electron chi connectivity index (χ3n) is 5.08. The molecular formula is C22H23N3O3. The number of carbonyl (C=O) groups excluding carboxylic acids is 1. The van der Waals surface area contributed by atoms with E-state index in [0.29, 0.717) is 18.7 Å². The summed E-state index contributed by atoms with van der Waals surface area (Å²) >= 11 is 0. The topological polar surface area (TPSA) is 76.4 Å². The molecule has 1 aliphatic heterocycles. The van der Waals surface area contributed by atoms with Crippen LogP contribution in [0.4, 0.5) is 5.69 Å².